The third-order valence-corrected chi connectivity index (χ3v) is 5.53. The van der Waals surface area contributed by atoms with Crippen molar-refractivity contribution < 1.29 is 9.90 Å². The zero-order chi connectivity index (χ0) is 15.6. The molecule has 1 saturated heterocycles. The maximum Gasteiger partial charge on any atom is 0.222 e. The minimum atomic E-state index is -0.769. The van der Waals surface area contributed by atoms with Gasteiger partial charge in [0.15, 0.2) is 0 Å². The summed E-state index contributed by atoms with van der Waals surface area (Å²) in [5.74, 6) is 0.452. The Morgan fingerprint density at radius 3 is 2.73 bits per heavy atom. The van der Waals surface area contributed by atoms with Crippen molar-refractivity contribution in [3.63, 3.8) is 0 Å². The number of nitrogens with zero attached hydrogens (tertiary/aromatic N) is 1. The van der Waals surface area contributed by atoms with Gasteiger partial charge in [-0.1, -0.05) is 50.1 Å². The van der Waals surface area contributed by atoms with Gasteiger partial charge in [0, 0.05) is 24.9 Å². The number of carbonyl (C=O) groups excluding carboxylic acids is 1. The quantitative estimate of drug-likeness (QED) is 0.928. The molecule has 1 aromatic carbocycles. The van der Waals surface area contributed by atoms with Crippen LogP contribution in [0.2, 0.25) is 0 Å². The van der Waals surface area contributed by atoms with Gasteiger partial charge in [-0.2, -0.15) is 0 Å². The zero-order valence-electron chi connectivity index (χ0n) is 13.5. The molecule has 3 rings (SSSR count). The highest BCUT2D eigenvalue weighted by molar-refractivity contribution is 5.76. The fraction of sp³-hybridized carbons (Fsp3) is 0.632. The van der Waals surface area contributed by atoms with Gasteiger partial charge in [-0.3, -0.25) is 4.79 Å². The highest BCUT2D eigenvalue weighted by Crippen LogP contribution is 2.47. The zero-order valence-corrected chi connectivity index (χ0v) is 13.5. The number of hydrogen-bond donors (Lipinski definition) is 1. The van der Waals surface area contributed by atoms with Crippen molar-refractivity contribution >= 4 is 5.91 Å². The van der Waals surface area contributed by atoms with Gasteiger partial charge in [-0.15, -0.1) is 0 Å². The van der Waals surface area contributed by atoms with Gasteiger partial charge >= 0.3 is 0 Å². The third-order valence-electron chi connectivity index (χ3n) is 5.53. The summed E-state index contributed by atoms with van der Waals surface area (Å²) in [4.78, 5) is 14.5. The number of fused-ring (bicyclic) bond motifs is 1. The molecule has 1 saturated carbocycles. The van der Waals surface area contributed by atoms with Crippen molar-refractivity contribution in [2.75, 3.05) is 6.54 Å². The van der Waals surface area contributed by atoms with E-state index in [1.165, 1.54) is 6.42 Å². The molecule has 1 aliphatic carbocycles. The third kappa shape index (κ3) is 2.67. The first-order valence-corrected chi connectivity index (χ1v) is 8.74. The molecule has 0 radical (unpaired) electrons. The second kappa shape index (κ2) is 6.41. The SMILES string of the molecule is CCCC(=O)N1CC[C@@](O)(c2ccccc2)[C@@H]2CCCCC21. The monoisotopic (exact) mass is 301 g/mol. The van der Waals surface area contributed by atoms with Crippen LogP contribution in [0.25, 0.3) is 0 Å². The van der Waals surface area contributed by atoms with E-state index in [4.69, 9.17) is 0 Å². The summed E-state index contributed by atoms with van der Waals surface area (Å²) < 4.78 is 0. The average Bonchev–Trinajstić information content (AvgIpc) is 2.56. The Bertz CT molecular complexity index is 515. The van der Waals surface area contributed by atoms with Crippen molar-refractivity contribution in [2.45, 2.75) is 63.5 Å². The van der Waals surface area contributed by atoms with E-state index in [0.29, 0.717) is 19.4 Å². The molecule has 1 aromatic rings. The summed E-state index contributed by atoms with van der Waals surface area (Å²) in [7, 11) is 0. The Morgan fingerprint density at radius 1 is 1.27 bits per heavy atom. The Morgan fingerprint density at radius 2 is 2.00 bits per heavy atom. The number of hydrogen-bond acceptors (Lipinski definition) is 2. The second-order valence-electron chi connectivity index (χ2n) is 6.84. The van der Waals surface area contributed by atoms with Crippen molar-refractivity contribution in [3.05, 3.63) is 35.9 Å². The van der Waals surface area contributed by atoms with Gasteiger partial charge in [0.1, 0.15) is 0 Å². The molecule has 1 N–H and O–H groups in total. The van der Waals surface area contributed by atoms with E-state index in [1.807, 2.05) is 30.3 Å². The lowest BCUT2D eigenvalue weighted by atomic mass is 9.66. The van der Waals surface area contributed by atoms with E-state index in [2.05, 4.69) is 11.8 Å². The summed E-state index contributed by atoms with van der Waals surface area (Å²) in [5.41, 5.74) is 0.254. The van der Waals surface area contributed by atoms with Crippen LogP contribution in [0.4, 0.5) is 0 Å². The smallest absolute Gasteiger partial charge is 0.222 e. The Labute approximate surface area is 133 Å². The molecule has 22 heavy (non-hydrogen) atoms. The minimum absolute atomic E-state index is 0.179. The molecule has 1 aliphatic heterocycles. The number of amides is 1. The minimum Gasteiger partial charge on any atom is -0.385 e. The summed E-state index contributed by atoms with van der Waals surface area (Å²) in [6, 6.07) is 10.3. The molecular formula is C19H27NO2. The number of aliphatic hydroxyl groups is 1. The number of benzene rings is 1. The molecule has 0 aromatic heterocycles. The largest absolute Gasteiger partial charge is 0.385 e. The standard InChI is InChI=1S/C19H27NO2/c1-2-8-18(21)20-14-13-19(22,15-9-4-3-5-10-15)16-11-6-7-12-17(16)20/h3-5,9-10,16-17,22H,2,6-8,11-14H2,1H3/t16-,17?,19-/m1/s1. The van der Waals surface area contributed by atoms with E-state index in [-0.39, 0.29) is 17.9 Å². The van der Waals surface area contributed by atoms with E-state index in [9.17, 15) is 9.90 Å². The van der Waals surface area contributed by atoms with E-state index in [0.717, 1.165) is 31.2 Å². The van der Waals surface area contributed by atoms with Gasteiger partial charge in [0.2, 0.25) is 5.91 Å². The summed E-state index contributed by atoms with van der Waals surface area (Å²) in [6.45, 7) is 2.74. The van der Waals surface area contributed by atoms with Crippen molar-refractivity contribution in [1.29, 1.82) is 0 Å². The second-order valence-corrected chi connectivity index (χ2v) is 6.84. The van der Waals surface area contributed by atoms with Gasteiger partial charge in [0.25, 0.3) is 0 Å². The lowest BCUT2D eigenvalue weighted by molar-refractivity contribution is -0.154. The van der Waals surface area contributed by atoms with Crippen LogP contribution < -0.4 is 0 Å². The van der Waals surface area contributed by atoms with Crippen LogP contribution in [0.5, 0.6) is 0 Å². The van der Waals surface area contributed by atoms with Gasteiger partial charge in [0.05, 0.1) is 5.60 Å². The molecule has 1 amide bonds. The molecule has 2 aliphatic rings. The highest BCUT2D eigenvalue weighted by atomic mass is 16.3. The van der Waals surface area contributed by atoms with Crippen LogP contribution in [0.1, 0.15) is 57.4 Å². The first-order chi connectivity index (χ1) is 10.7. The normalized spacial score (nSPS) is 31.6. The fourth-order valence-electron chi connectivity index (χ4n) is 4.44. The van der Waals surface area contributed by atoms with Gasteiger partial charge < -0.3 is 10.0 Å². The van der Waals surface area contributed by atoms with E-state index in [1.54, 1.807) is 0 Å². The van der Waals surface area contributed by atoms with E-state index >= 15 is 0 Å². The molecule has 2 fully saturated rings. The Balaban J connectivity index is 1.89. The molecule has 3 heteroatoms. The van der Waals surface area contributed by atoms with Crippen LogP contribution in [0.15, 0.2) is 30.3 Å². The maximum atomic E-state index is 12.4. The number of piperidine rings is 1. The van der Waals surface area contributed by atoms with Gasteiger partial charge in [-0.25, -0.2) is 0 Å². The summed E-state index contributed by atoms with van der Waals surface area (Å²) in [5, 5.41) is 11.4. The molecule has 120 valence electrons. The predicted molar refractivity (Wildman–Crippen MR) is 87.3 cm³/mol. The average molecular weight is 301 g/mol. The molecular weight excluding hydrogens is 274 g/mol. The topological polar surface area (TPSA) is 40.5 Å². The molecule has 0 bridgehead atoms. The fourth-order valence-corrected chi connectivity index (χ4v) is 4.44. The van der Waals surface area contributed by atoms with Crippen LogP contribution in [0, 0.1) is 5.92 Å². The molecule has 1 heterocycles. The van der Waals surface area contributed by atoms with Crippen LogP contribution in [-0.4, -0.2) is 28.5 Å². The number of rotatable bonds is 3. The van der Waals surface area contributed by atoms with Crippen LogP contribution in [-0.2, 0) is 10.4 Å². The Hall–Kier alpha value is -1.35. The molecule has 3 nitrogen and oxygen atoms in total. The van der Waals surface area contributed by atoms with Gasteiger partial charge in [-0.05, 0) is 31.2 Å². The van der Waals surface area contributed by atoms with Crippen molar-refractivity contribution in [3.8, 4) is 0 Å². The first kappa shape index (κ1) is 15.5. The highest BCUT2D eigenvalue weighted by Gasteiger charge is 2.49. The lowest BCUT2D eigenvalue weighted by Gasteiger charge is -2.52. The van der Waals surface area contributed by atoms with Crippen molar-refractivity contribution in [2.24, 2.45) is 5.92 Å². The van der Waals surface area contributed by atoms with Crippen LogP contribution >= 0.6 is 0 Å². The lowest BCUT2D eigenvalue weighted by Crippen LogP contribution is -2.58. The first-order valence-electron chi connectivity index (χ1n) is 8.74. The van der Waals surface area contributed by atoms with Crippen molar-refractivity contribution in [1.82, 2.24) is 4.90 Å². The summed E-state index contributed by atoms with van der Waals surface area (Å²) in [6.07, 6.45) is 6.57. The van der Waals surface area contributed by atoms with Crippen LogP contribution in [0.3, 0.4) is 0 Å². The number of likely N-dealkylation sites (tertiary alicyclic amines) is 1. The molecule has 0 spiro atoms. The molecule has 3 atom stereocenters. The van der Waals surface area contributed by atoms with E-state index < -0.39 is 5.60 Å². The predicted octanol–water partition coefficient (Wildman–Crippen LogP) is 3.47. The number of carbonyl (C=O) groups is 1. The Kier molecular flexibility index (Phi) is 4.53. The molecule has 1 unspecified atom stereocenters. The summed E-state index contributed by atoms with van der Waals surface area (Å²) >= 11 is 0. The maximum absolute atomic E-state index is 12.4.